The third kappa shape index (κ3) is 3.67. The Bertz CT molecular complexity index is 714. The van der Waals surface area contributed by atoms with Crippen LogP contribution in [-0.2, 0) is 14.8 Å². The summed E-state index contributed by atoms with van der Waals surface area (Å²) in [7, 11) is -1.48. The highest BCUT2D eigenvalue weighted by Crippen LogP contribution is 2.62. The smallest absolute Gasteiger partial charge is 0.246 e. The average molecular weight is 409 g/mol. The van der Waals surface area contributed by atoms with Crippen molar-refractivity contribution in [2.45, 2.75) is 71.3 Å². The molecule has 5 nitrogen and oxygen atoms in total. The lowest BCUT2D eigenvalue weighted by Gasteiger charge is -2.57. The molecule has 1 aliphatic heterocycles. The Morgan fingerprint density at radius 1 is 1.07 bits per heavy atom. The Balaban J connectivity index is 1.38. The Morgan fingerprint density at radius 2 is 1.57 bits per heavy atom. The molecule has 6 heteroatoms. The number of hydrogen-bond acceptors (Lipinski definition) is 3. The van der Waals surface area contributed by atoms with Crippen molar-refractivity contribution in [1.82, 2.24) is 9.21 Å². The van der Waals surface area contributed by atoms with Crippen molar-refractivity contribution in [3.8, 4) is 0 Å². The molecule has 0 aromatic rings. The fourth-order valence-corrected chi connectivity index (χ4v) is 7.98. The molecule has 158 valence electrons. The molecule has 1 saturated heterocycles. The second-order valence-corrected chi connectivity index (χ2v) is 12.3. The number of allylic oxidation sites excluding steroid dienone is 1. The number of amides is 1. The molecule has 0 atom stereocenters. The van der Waals surface area contributed by atoms with Gasteiger partial charge < -0.3 is 4.90 Å². The van der Waals surface area contributed by atoms with Crippen molar-refractivity contribution >= 4 is 15.9 Å². The molecule has 0 unspecified atom stereocenters. The Kier molecular flexibility index (Phi) is 5.41. The summed E-state index contributed by atoms with van der Waals surface area (Å²) in [6, 6.07) is 0.0160. The van der Waals surface area contributed by atoms with Crippen molar-refractivity contribution in [3.63, 3.8) is 0 Å². The van der Waals surface area contributed by atoms with Crippen LogP contribution in [0.25, 0.3) is 0 Å². The van der Waals surface area contributed by atoms with Gasteiger partial charge in [0.05, 0.1) is 5.75 Å². The van der Waals surface area contributed by atoms with Crippen molar-refractivity contribution in [1.29, 1.82) is 0 Å². The van der Waals surface area contributed by atoms with Crippen molar-refractivity contribution in [2.75, 3.05) is 25.9 Å². The zero-order valence-corrected chi connectivity index (χ0v) is 18.5. The van der Waals surface area contributed by atoms with Gasteiger partial charge in [0, 0.05) is 32.3 Å². The number of carbonyl (C=O) groups is 1. The fourth-order valence-electron chi connectivity index (χ4n) is 6.90. The minimum atomic E-state index is -3.16. The third-order valence-electron chi connectivity index (χ3n) is 8.31. The monoisotopic (exact) mass is 408 g/mol. The van der Waals surface area contributed by atoms with Gasteiger partial charge in [0.2, 0.25) is 15.9 Å². The molecule has 4 saturated carbocycles. The van der Waals surface area contributed by atoms with E-state index in [4.69, 9.17) is 0 Å². The van der Waals surface area contributed by atoms with E-state index in [-0.39, 0.29) is 23.1 Å². The van der Waals surface area contributed by atoms with Crippen molar-refractivity contribution in [3.05, 3.63) is 11.6 Å². The molecule has 1 amide bonds. The van der Waals surface area contributed by atoms with Crippen LogP contribution in [0.2, 0.25) is 0 Å². The molecular formula is C22H36N2O3S. The van der Waals surface area contributed by atoms with E-state index in [0.717, 1.165) is 30.6 Å². The maximum Gasteiger partial charge on any atom is 0.246 e. The molecule has 4 aliphatic carbocycles. The van der Waals surface area contributed by atoms with Gasteiger partial charge in [-0.15, -0.1) is 0 Å². The van der Waals surface area contributed by atoms with Gasteiger partial charge in [-0.25, -0.2) is 12.7 Å². The summed E-state index contributed by atoms with van der Waals surface area (Å²) in [5, 5.41) is 0. The van der Waals surface area contributed by atoms with Crippen LogP contribution in [0.4, 0.5) is 0 Å². The Hall–Kier alpha value is -0.880. The van der Waals surface area contributed by atoms with E-state index in [1.165, 1.54) is 48.4 Å². The summed E-state index contributed by atoms with van der Waals surface area (Å²) in [5.41, 5.74) is 1.60. The number of likely N-dealkylation sites (tertiary alicyclic amines) is 1. The van der Waals surface area contributed by atoms with Crippen molar-refractivity contribution < 1.29 is 13.2 Å². The number of piperidine rings is 1. The topological polar surface area (TPSA) is 57.7 Å². The molecule has 1 heterocycles. The average Bonchev–Trinajstić information content (AvgIpc) is 2.66. The minimum absolute atomic E-state index is 0.0160. The van der Waals surface area contributed by atoms with E-state index in [1.54, 1.807) is 14.0 Å². The highest BCUT2D eigenvalue weighted by Gasteiger charge is 2.51. The maximum atomic E-state index is 12.9. The molecule has 28 heavy (non-hydrogen) atoms. The fraction of sp³-hybridized carbons (Fsp3) is 0.864. The predicted molar refractivity (Wildman–Crippen MR) is 111 cm³/mol. The van der Waals surface area contributed by atoms with E-state index in [9.17, 15) is 13.2 Å². The molecule has 0 radical (unpaired) electrons. The number of rotatable bonds is 5. The largest absolute Gasteiger partial charge is 0.339 e. The molecular weight excluding hydrogens is 372 g/mol. The number of carbonyl (C=O) groups excluding carboxylic acids is 1. The molecule has 5 rings (SSSR count). The zero-order valence-electron chi connectivity index (χ0n) is 17.7. The molecule has 0 N–H and O–H groups in total. The number of sulfonamides is 1. The quantitative estimate of drug-likeness (QED) is 0.655. The van der Waals surface area contributed by atoms with Gasteiger partial charge in [-0.2, -0.15) is 0 Å². The van der Waals surface area contributed by atoms with Gasteiger partial charge in [-0.05, 0) is 88.4 Å². The van der Waals surface area contributed by atoms with E-state index >= 15 is 0 Å². The number of nitrogens with zero attached hydrogens (tertiary/aromatic N) is 2. The van der Waals surface area contributed by atoms with Crippen molar-refractivity contribution in [2.24, 2.45) is 23.2 Å². The molecule has 0 spiro atoms. The van der Waals surface area contributed by atoms with Gasteiger partial charge in [0.25, 0.3) is 0 Å². The first-order valence-electron chi connectivity index (χ1n) is 11.2. The van der Waals surface area contributed by atoms with E-state index in [0.29, 0.717) is 13.1 Å². The highest BCUT2D eigenvalue weighted by atomic mass is 32.2. The zero-order chi connectivity index (χ0) is 20.1. The number of hydrogen-bond donors (Lipinski definition) is 0. The first-order valence-corrected chi connectivity index (χ1v) is 12.8. The molecule has 5 aliphatic rings. The summed E-state index contributed by atoms with van der Waals surface area (Å²) in [5.74, 6) is 2.92. The predicted octanol–water partition coefficient (Wildman–Crippen LogP) is 3.42. The normalized spacial score (nSPS) is 36.4. The van der Waals surface area contributed by atoms with Crippen LogP contribution in [0.15, 0.2) is 11.6 Å². The second-order valence-electron chi connectivity index (χ2n) is 10.00. The van der Waals surface area contributed by atoms with Crippen LogP contribution in [0.3, 0.4) is 0 Å². The van der Waals surface area contributed by atoms with Gasteiger partial charge in [-0.3, -0.25) is 4.79 Å². The van der Waals surface area contributed by atoms with Crippen LogP contribution in [0.5, 0.6) is 0 Å². The standard InChI is InChI=1S/C22H36N2O3S/c1-4-28(26,27)23(3)20-5-7-24(8-6-20)21(25)9-16(2)22-13-17-10-18(14-22)12-19(11-17)15-22/h9,17-20H,4-8,10-15H2,1-3H3/b16-9-. The first-order chi connectivity index (χ1) is 13.2. The molecule has 4 bridgehead atoms. The summed E-state index contributed by atoms with van der Waals surface area (Å²) >= 11 is 0. The first kappa shape index (κ1) is 20.4. The van der Waals surface area contributed by atoms with E-state index in [1.807, 2.05) is 11.0 Å². The van der Waals surface area contributed by atoms with Crippen LogP contribution in [-0.4, -0.2) is 55.5 Å². The van der Waals surface area contributed by atoms with Crippen LogP contribution in [0, 0.1) is 23.2 Å². The molecule has 0 aromatic heterocycles. The van der Waals surface area contributed by atoms with Crippen LogP contribution >= 0.6 is 0 Å². The van der Waals surface area contributed by atoms with E-state index in [2.05, 4.69) is 6.92 Å². The van der Waals surface area contributed by atoms with Gasteiger partial charge in [0.1, 0.15) is 0 Å². The highest BCUT2D eigenvalue weighted by molar-refractivity contribution is 7.89. The Morgan fingerprint density at radius 3 is 2.04 bits per heavy atom. The lowest BCUT2D eigenvalue weighted by molar-refractivity contribution is -0.127. The second kappa shape index (κ2) is 7.42. The van der Waals surface area contributed by atoms with Gasteiger partial charge >= 0.3 is 0 Å². The van der Waals surface area contributed by atoms with Gasteiger partial charge in [0.15, 0.2) is 0 Å². The summed E-state index contributed by atoms with van der Waals surface area (Å²) in [6.07, 6.45) is 11.5. The lowest BCUT2D eigenvalue weighted by atomic mass is 9.48. The Labute approximate surface area is 170 Å². The van der Waals surface area contributed by atoms with Crippen LogP contribution < -0.4 is 0 Å². The summed E-state index contributed by atoms with van der Waals surface area (Å²) < 4.78 is 25.7. The summed E-state index contributed by atoms with van der Waals surface area (Å²) in [4.78, 5) is 14.9. The minimum Gasteiger partial charge on any atom is -0.339 e. The van der Waals surface area contributed by atoms with Crippen LogP contribution in [0.1, 0.15) is 65.2 Å². The maximum absolute atomic E-state index is 12.9. The summed E-state index contributed by atoms with van der Waals surface area (Å²) in [6.45, 7) is 5.18. The van der Waals surface area contributed by atoms with E-state index < -0.39 is 10.0 Å². The SMILES string of the molecule is CCS(=O)(=O)N(C)C1CCN(C(=O)/C=C(/C)C23CC4CC(CC(C4)C2)C3)CC1. The third-order valence-corrected chi connectivity index (χ3v) is 10.2. The molecule has 5 fully saturated rings. The lowest BCUT2D eigenvalue weighted by Crippen LogP contribution is -2.48. The molecule has 0 aromatic carbocycles. The van der Waals surface area contributed by atoms with Gasteiger partial charge in [-0.1, -0.05) is 5.57 Å².